The normalized spacial score (nSPS) is 14.4. The van der Waals surface area contributed by atoms with E-state index in [-0.39, 0.29) is 0 Å². The molecule has 0 amide bonds. The number of hydrogen-bond acceptors (Lipinski definition) is 2. The summed E-state index contributed by atoms with van der Waals surface area (Å²) in [4.78, 5) is 10.8. The lowest BCUT2D eigenvalue weighted by Gasteiger charge is -2.18. The van der Waals surface area contributed by atoms with Crippen molar-refractivity contribution in [2.24, 2.45) is 5.92 Å². The van der Waals surface area contributed by atoms with Crippen LogP contribution in [0.1, 0.15) is 40.5 Å². The molecule has 0 aromatic heterocycles. The Labute approximate surface area is 88.4 Å². The summed E-state index contributed by atoms with van der Waals surface area (Å²) >= 11 is 0. The van der Waals surface area contributed by atoms with Crippen LogP contribution in [0.2, 0.25) is 0 Å². The summed E-state index contributed by atoms with van der Waals surface area (Å²) in [5.41, 5.74) is 0. The Morgan fingerprint density at radius 1 is 1.43 bits per heavy atom. The number of aliphatic carboxylic acids is 1. The number of carbonyl (C=O) groups is 1. The highest BCUT2D eigenvalue weighted by Gasteiger charge is 2.33. The second-order valence-corrected chi connectivity index (χ2v) is 6.52. The molecule has 0 spiro atoms. The molecule has 0 saturated carbocycles. The molecule has 1 unspecified atom stereocenters. The fraction of sp³-hybridized carbons (Fsp3) is 0.900. The van der Waals surface area contributed by atoms with Crippen LogP contribution in [0.15, 0.2) is 0 Å². The van der Waals surface area contributed by atoms with E-state index in [4.69, 9.17) is 5.11 Å². The molecule has 1 N–H and O–H groups in total. The minimum absolute atomic E-state index is 0.484. The minimum atomic E-state index is -1.28. The van der Waals surface area contributed by atoms with Crippen LogP contribution in [-0.2, 0) is 15.6 Å². The third-order valence-corrected chi connectivity index (χ3v) is 4.17. The summed E-state index contributed by atoms with van der Waals surface area (Å²) in [7, 11) is -1.28. The number of hydrogen-bond donors (Lipinski definition) is 1. The molecule has 0 radical (unpaired) electrons. The lowest BCUT2D eigenvalue weighted by molar-refractivity contribution is -0.139. The van der Waals surface area contributed by atoms with Gasteiger partial charge in [-0.2, -0.15) is 0 Å². The van der Waals surface area contributed by atoms with Crippen molar-refractivity contribution in [2.75, 3.05) is 5.75 Å². The molecule has 0 fully saturated rings. The number of carboxylic acid groups (broad SMARTS) is 1. The Balaban J connectivity index is 4.03. The van der Waals surface area contributed by atoms with Gasteiger partial charge in [-0.05, 0) is 26.2 Å². The van der Waals surface area contributed by atoms with Crippen molar-refractivity contribution < 1.29 is 14.1 Å². The van der Waals surface area contributed by atoms with Crippen LogP contribution in [0.25, 0.3) is 0 Å². The Hall–Kier alpha value is -0.380. The van der Waals surface area contributed by atoms with Crippen molar-refractivity contribution in [3.8, 4) is 0 Å². The quantitative estimate of drug-likeness (QED) is 0.745. The van der Waals surface area contributed by atoms with Crippen molar-refractivity contribution >= 4 is 16.8 Å². The van der Waals surface area contributed by atoms with E-state index in [0.29, 0.717) is 11.7 Å². The molecular formula is C10H20O3S. The zero-order valence-electron chi connectivity index (χ0n) is 9.37. The van der Waals surface area contributed by atoms with Gasteiger partial charge >= 0.3 is 5.97 Å². The average molecular weight is 220 g/mol. The molecule has 4 heteroatoms. The molecule has 0 aliphatic carbocycles. The van der Waals surface area contributed by atoms with Gasteiger partial charge in [0.2, 0.25) is 0 Å². The van der Waals surface area contributed by atoms with Crippen molar-refractivity contribution in [2.45, 2.75) is 45.3 Å². The second kappa shape index (κ2) is 5.49. The topological polar surface area (TPSA) is 54.4 Å². The Morgan fingerprint density at radius 2 is 1.93 bits per heavy atom. The van der Waals surface area contributed by atoms with Crippen LogP contribution in [-0.4, -0.2) is 25.8 Å². The van der Waals surface area contributed by atoms with Crippen molar-refractivity contribution in [1.29, 1.82) is 0 Å². The van der Waals surface area contributed by atoms with Crippen LogP contribution in [0, 0.1) is 5.92 Å². The minimum Gasteiger partial charge on any atom is -0.480 e. The molecule has 0 aromatic carbocycles. The van der Waals surface area contributed by atoms with E-state index in [9.17, 15) is 9.00 Å². The summed E-state index contributed by atoms with van der Waals surface area (Å²) in [5, 5.41) is 8.83. The molecule has 14 heavy (non-hydrogen) atoms. The third-order valence-electron chi connectivity index (χ3n) is 2.20. The standard InChI is InChI=1S/C10H20O3S/c1-8(2)6-5-7-14(13)10(3,4)9(11)12/h8H,5-7H2,1-4H3,(H,11,12). The molecule has 1 atom stereocenters. The zero-order valence-corrected chi connectivity index (χ0v) is 10.2. The van der Waals surface area contributed by atoms with Gasteiger partial charge in [-0.3, -0.25) is 9.00 Å². The highest BCUT2D eigenvalue weighted by Crippen LogP contribution is 2.15. The maximum atomic E-state index is 11.6. The van der Waals surface area contributed by atoms with Crippen LogP contribution >= 0.6 is 0 Å². The third kappa shape index (κ3) is 4.22. The van der Waals surface area contributed by atoms with Gasteiger partial charge in [0.05, 0.1) is 0 Å². The molecule has 0 saturated heterocycles. The first-order chi connectivity index (χ1) is 6.28. The van der Waals surface area contributed by atoms with Crippen molar-refractivity contribution in [3.63, 3.8) is 0 Å². The van der Waals surface area contributed by atoms with Gasteiger partial charge in [0.25, 0.3) is 0 Å². The Kier molecular flexibility index (Phi) is 5.34. The van der Waals surface area contributed by atoms with Crippen LogP contribution in [0.5, 0.6) is 0 Å². The summed E-state index contributed by atoms with van der Waals surface area (Å²) < 4.78 is 10.5. The van der Waals surface area contributed by atoms with Gasteiger partial charge in [-0.15, -0.1) is 0 Å². The lowest BCUT2D eigenvalue weighted by Crippen LogP contribution is -2.37. The van der Waals surface area contributed by atoms with Gasteiger partial charge in [0.15, 0.2) is 0 Å². The molecule has 0 rings (SSSR count). The first-order valence-electron chi connectivity index (χ1n) is 4.90. The summed E-state index contributed by atoms with van der Waals surface area (Å²) in [5.74, 6) is 0.0811. The second-order valence-electron chi connectivity index (χ2n) is 4.40. The molecule has 84 valence electrons. The molecule has 0 heterocycles. The SMILES string of the molecule is CC(C)CCCS(=O)C(C)(C)C(=O)O. The van der Waals surface area contributed by atoms with E-state index in [2.05, 4.69) is 13.8 Å². The maximum Gasteiger partial charge on any atom is 0.321 e. The van der Waals surface area contributed by atoms with Crippen LogP contribution in [0.3, 0.4) is 0 Å². The van der Waals surface area contributed by atoms with Crippen LogP contribution < -0.4 is 0 Å². The van der Waals surface area contributed by atoms with Gasteiger partial charge in [0.1, 0.15) is 4.75 Å². The smallest absolute Gasteiger partial charge is 0.321 e. The van der Waals surface area contributed by atoms with Crippen LogP contribution in [0.4, 0.5) is 0 Å². The predicted molar refractivity (Wildman–Crippen MR) is 58.8 cm³/mol. The zero-order chi connectivity index (χ0) is 11.4. The predicted octanol–water partition coefficient (Wildman–Crippen LogP) is 2.03. The largest absolute Gasteiger partial charge is 0.480 e. The number of carboxylic acids is 1. The summed E-state index contributed by atoms with van der Waals surface area (Å²) in [6.45, 7) is 7.23. The summed E-state index contributed by atoms with van der Waals surface area (Å²) in [6.07, 6.45) is 1.84. The van der Waals surface area contributed by atoms with Crippen molar-refractivity contribution in [1.82, 2.24) is 0 Å². The van der Waals surface area contributed by atoms with E-state index in [1.807, 2.05) is 0 Å². The first kappa shape index (κ1) is 13.6. The molecule has 0 aliphatic rings. The van der Waals surface area contributed by atoms with E-state index in [1.54, 1.807) is 0 Å². The van der Waals surface area contributed by atoms with E-state index in [0.717, 1.165) is 12.8 Å². The first-order valence-corrected chi connectivity index (χ1v) is 6.22. The van der Waals surface area contributed by atoms with E-state index < -0.39 is 21.5 Å². The van der Waals surface area contributed by atoms with Gasteiger partial charge in [-0.1, -0.05) is 20.3 Å². The Morgan fingerprint density at radius 3 is 2.29 bits per heavy atom. The average Bonchev–Trinajstić information content (AvgIpc) is 2.02. The molecule has 0 aromatic rings. The highest BCUT2D eigenvalue weighted by atomic mass is 32.2. The monoisotopic (exact) mass is 220 g/mol. The fourth-order valence-corrected chi connectivity index (χ4v) is 2.11. The highest BCUT2D eigenvalue weighted by molar-refractivity contribution is 7.87. The van der Waals surface area contributed by atoms with E-state index in [1.165, 1.54) is 13.8 Å². The van der Waals surface area contributed by atoms with E-state index >= 15 is 0 Å². The van der Waals surface area contributed by atoms with Gasteiger partial charge in [0, 0.05) is 16.6 Å². The molecule has 3 nitrogen and oxygen atoms in total. The van der Waals surface area contributed by atoms with Gasteiger partial charge in [-0.25, -0.2) is 0 Å². The number of rotatable bonds is 6. The Bertz CT molecular complexity index is 221. The van der Waals surface area contributed by atoms with Gasteiger partial charge < -0.3 is 5.11 Å². The summed E-state index contributed by atoms with van der Waals surface area (Å²) in [6, 6.07) is 0. The van der Waals surface area contributed by atoms with Crippen molar-refractivity contribution in [3.05, 3.63) is 0 Å². The molecule has 0 bridgehead atoms. The fourth-order valence-electron chi connectivity index (χ4n) is 0.975. The molecular weight excluding hydrogens is 200 g/mol. The maximum absolute atomic E-state index is 11.6. The molecule has 0 aliphatic heterocycles. The lowest BCUT2D eigenvalue weighted by atomic mass is 10.1.